The second kappa shape index (κ2) is 7.41. The maximum Gasteiger partial charge on any atom is 0.306 e. The number of rotatable bonds is 4. The second-order valence-corrected chi connectivity index (χ2v) is 10.7. The van der Waals surface area contributed by atoms with Crippen LogP contribution in [0.4, 0.5) is 4.39 Å². The molecule has 0 aliphatic heterocycles. The number of carboxylic acid groups (broad SMARTS) is 1. The van der Waals surface area contributed by atoms with Crippen molar-refractivity contribution >= 4 is 17.5 Å². The first-order valence-electron chi connectivity index (χ1n) is 11.2. The van der Waals surface area contributed by atoms with Crippen LogP contribution in [0, 0.1) is 28.6 Å². The van der Waals surface area contributed by atoms with E-state index in [0.29, 0.717) is 12.0 Å². The normalized spacial score (nSPS) is 48.8. The summed E-state index contributed by atoms with van der Waals surface area (Å²) in [4.78, 5) is 35.9. The molecule has 0 heterocycles. The molecule has 9 heteroatoms. The molecule has 0 bridgehead atoms. The second-order valence-electron chi connectivity index (χ2n) is 10.7. The minimum absolute atomic E-state index is 0.00857. The number of aliphatic carboxylic acids is 1. The average molecular weight is 454 g/mol. The van der Waals surface area contributed by atoms with Gasteiger partial charge in [-0.25, -0.2) is 4.39 Å². The smallest absolute Gasteiger partial charge is 0.306 e. The van der Waals surface area contributed by atoms with Crippen molar-refractivity contribution < 1.29 is 44.3 Å². The molecule has 0 spiro atoms. The van der Waals surface area contributed by atoms with Gasteiger partial charge in [-0.3, -0.25) is 14.4 Å². The van der Waals surface area contributed by atoms with Crippen LogP contribution in [0.2, 0.25) is 0 Å². The van der Waals surface area contributed by atoms with Crippen LogP contribution in [0.5, 0.6) is 0 Å². The van der Waals surface area contributed by atoms with E-state index >= 15 is 4.39 Å². The summed E-state index contributed by atoms with van der Waals surface area (Å²) in [5, 5.41) is 52.6. The van der Waals surface area contributed by atoms with E-state index in [0.717, 1.165) is 0 Å². The Hall–Kier alpha value is -1.68. The third-order valence-corrected chi connectivity index (χ3v) is 9.14. The maximum atomic E-state index is 15.3. The van der Waals surface area contributed by atoms with Gasteiger partial charge in [0.2, 0.25) is 0 Å². The molecule has 0 amide bonds. The molecule has 0 radical (unpaired) electrons. The van der Waals surface area contributed by atoms with Crippen LogP contribution < -0.4 is 0 Å². The van der Waals surface area contributed by atoms with Crippen molar-refractivity contribution in [3.8, 4) is 0 Å². The van der Waals surface area contributed by atoms with Crippen LogP contribution in [0.3, 0.4) is 0 Å². The van der Waals surface area contributed by atoms with Gasteiger partial charge in [0.1, 0.15) is 12.3 Å². The van der Waals surface area contributed by atoms with Gasteiger partial charge in [0, 0.05) is 11.8 Å². The first-order valence-corrected chi connectivity index (χ1v) is 11.2. The summed E-state index contributed by atoms with van der Waals surface area (Å²) >= 11 is 0. The number of carbonyl (C=O) groups excluding carboxylic acids is 2. The molecule has 178 valence electrons. The highest BCUT2D eigenvalue weighted by molar-refractivity contribution is 5.95. The van der Waals surface area contributed by atoms with E-state index in [1.54, 1.807) is 6.92 Å². The topological polar surface area (TPSA) is 152 Å². The highest BCUT2D eigenvalue weighted by Crippen LogP contribution is 2.68. The van der Waals surface area contributed by atoms with Crippen LogP contribution in [0.25, 0.3) is 0 Å². The van der Waals surface area contributed by atoms with E-state index in [2.05, 4.69) is 0 Å². The molecule has 4 aliphatic rings. The fourth-order valence-electron chi connectivity index (χ4n) is 7.66. The standard InChI is InChI=1S/C23H31FO8/c1-21-4-3-10(25)5-13(21)14(24)6-11-12-7-17(28)23(32,20(31)15(26)8-18(29)30)22(12,2)9-16(27)19(11)21/h5,11-12,14-17,19,26-28,32H,3-4,6-9H2,1-2H3,(H,29,30)/t11-,12-,14-,15?,16-,17+,19+,21-,22-,23-/m0/s1. The molecule has 10 atom stereocenters. The molecule has 8 nitrogen and oxygen atoms in total. The Kier molecular flexibility index (Phi) is 5.44. The molecular formula is C23H31FO8. The van der Waals surface area contributed by atoms with Gasteiger partial charge in [0.25, 0.3) is 0 Å². The van der Waals surface area contributed by atoms with Gasteiger partial charge in [-0.05, 0) is 60.5 Å². The number of aliphatic hydroxyl groups is 4. The Morgan fingerprint density at radius 1 is 1.25 bits per heavy atom. The van der Waals surface area contributed by atoms with E-state index in [-0.39, 0.29) is 31.5 Å². The number of carbonyl (C=O) groups is 3. The van der Waals surface area contributed by atoms with Gasteiger partial charge in [-0.15, -0.1) is 0 Å². The summed E-state index contributed by atoms with van der Waals surface area (Å²) in [5.74, 6) is -4.18. The molecule has 4 aliphatic carbocycles. The zero-order chi connectivity index (χ0) is 23.8. The SMILES string of the molecule is C[C@]12CCC(=O)C=C1[C@@H](F)C[C@@H]1[C@@H]2[C@@H](O)C[C@@]2(C)[C@H]1C[C@@H](O)[C@]2(O)C(=O)C(O)CC(=O)O. The van der Waals surface area contributed by atoms with Crippen molar-refractivity contribution in [1.29, 1.82) is 0 Å². The van der Waals surface area contributed by atoms with Gasteiger partial charge in [0.15, 0.2) is 17.2 Å². The summed E-state index contributed by atoms with van der Waals surface area (Å²) in [6.45, 7) is 3.39. The fourth-order valence-corrected chi connectivity index (χ4v) is 7.66. The average Bonchev–Trinajstić information content (AvgIpc) is 2.89. The lowest BCUT2D eigenvalue weighted by atomic mass is 9.45. The lowest BCUT2D eigenvalue weighted by Gasteiger charge is -2.60. The highest BCUT2D eigenvalue weighted by atomic mass is 19.1. The van der Waals surface area contributed by atoms with Crippen LogP contribution in [0.1, 0.15) is 52.4 Å². The predicted octanol–water partition coefficient (Wildman–Crippen LogP) is 0.544. The number of aliphatic hydroxyl groups excluding tert-OH is 3. The Labute approximate surface area is 185 Å². The molecule has 1 unspecified atom stereocenters. The zero-order valence-electron chi connectivity index (χ0n) is 18.2. The zero-order valence-corrected chi connectivity index (χ0v) is 18.2. The molecule has 0 aromatic carbocycles. The summed E-state index contributed by atoms with van der Waals surface area (Å²) in [7, 11) is 0. The summed E-state index contributed by atoms with van der Waals surface area (Å²) in [5.41, 5.74) is -4.22. The van der Waals surface area contributed by atoms with Crippen LogP contribution >= 0.6 is 0 Å². The Balaban J connectivity index is 1.74. The number of hydrogen-bond acceptors (Lipinski definition) is 7. The Morgan fingerprint density at radius 2 is 1.91 bits per heavy atom. The van der Waals surface area contributed by atoms with E-state index in [1.807, 2.05) is 6.92 Å². The van der Waals surface area contributed by atoms with E-state index in [9.17, 15) is 34.8 Å². The minimum atomic E-state index is -2.47. The first-order chi connectivity index (χ1) is 14.8. The number of alkyl halides is 1. The molecule has 3 saturated carbocycles. The number of allylic oxidation sites excluding steroid dienone is 1. The number of halogens is 1. The first kappa shape index (κ1) is 23.5. The highest BCUT2D eigenvalue weighted by Gasteiger charge is 2.72. The van der Waals surface area contributed by atoms with Gasteiger partial charge >= 0.3 is 5.97 Å². The largest absolute Gasteiger partial charge is 0.481 e. The van der Waals surface area contributed by atoms with Crippen molar-refractivity contribution in [3.05, 3.63) is 11.6 Å². The summed E-state index contributed by atoms with van der Waals surface area (Å²) < 4.78 is 15.3. The molecule has 5 N–H and O–H groups in total. The lowest BCUT2D eigenvalue weighted by Crippen LogP contribution is -2.65. The van der Waals surface area contributed by atoms with Crippen molar-refractivity contribution in [2.75, 3.05) is 0 Å². The number of carboxylic acids is 1. The quantitative estimate of drug-likeness (QED) is 0.413. The molecule has 3 fully saturated rings. The van der Waals surface area contributed by atoms with Gasteiger partial charge in [-0.2, -0.15) is 0 Å². The molecule has 4 rings (SSSR count). The fraction of sp³-hybridized carbons (Fsp3) is 0.783. The number of Topliss-reactive ketones (excluding diaryl/α,β-unsaturated/α-hetero) is 1. The van der Waals surface area contributed by atoms with Crippen molar-refractivity contribution in [3.63, 3.8) is 0 Å². The van der Waals surface area contributed by atoms with E-state index < -0.39 is 76.8 Å². The van der Waals surface area contributed by atoms with Crippen molar-refractivity contribution in [2.24, 2.45) is 28.6 Å². The molecule has 0 aromatic rings. The van der Waals surface area contributed by atoms with Gasteiger partial charge in [0.05, 0.1) is 18.6 Å². The number of fused-ring (bicyclic) bond motifs is 5. The van der Waals surface area contributed by atoms with E-state index in [1.165, 1.54) is 6.08 Å². The monoisotopic (exact) mass is 454 g/mol. The number of ketones is 2. The van der Waals surface area contributed by atoms with E-state index in [4.69, 9.17) is 5.11 Å². The molecule has 32 heavy (non-hydrogen) atoms. The molecule has 0 aromatic heterocycles. The molecular weight excluding hydrogens is 423 g/mol. The Morgan fingerprint density at radius 3 is 2.53 bits per heavy atom. The maximum absolute atomic E-state index is 15.3. The number of hydrogen-bond donors (Lipinski definition) is 5. The third kappa shape index (κ3) is 2.97. The van der Waals surface area contributed by atoms with Crippen LogP contribution in [-0.4, -0.2) is 73.2 Å². The Bertz CT molecular complexity index is 887. The van der Waals surface area contributed by atoms with Crippen molar-refractivity contribution in [2.45, 2.75) is 82.5 Å². The minimum Gasteiger partial charge on any atom is -0.481 e. The van der Waals surface area contributed by atoms with Crippen LogP contribution in [-0.2, 0) is 14.4 Å². The third-order valence-electron chi connectivity index (χ3n) is 9.14. The van der Waals surface area contributed by atoms with Crippen LogP contribution in [0.15, 0.2) is 11.6 Å². The van der Waals surface area contributed by atoms with Gasteiger partial charge < -0.3 is 25.5 Å². The summed E-state index contributed by atoms with van der Waals surface area (Å²) in [6.07, 6.45) is -5.11. The lowest BCUT2D eigenvalue weighted by molar-refractivity contribution is -0.199. The molecule has 0 saturated heterocycles. The van der Waals surface area contributed by atoms with Gasteiger partial charge in [-0.1, -0.05) is 13.8 Å². The summed E-state index contributed by atoms with van der Waals surface area (Å²) in [6, 6.07) is 0. The predicted molar refractivity (Wildman–Crippen MR) is 108 cm³/mol. The van der Waals surface area contributed by atoms with Crippen molar-refractivity contribution in [1.82, 2.24) is 0 Å².